The molecule has 3 aromatic rings. The Bertz CT molecular complexity index is 1170. The van der Waals surface area contributed by atoms with Crippen molar-refractivity contribution in [1.29, 1.82) is 0 Å². The summed E-state index contributed by atoms with van der Waals surface area (Å²) in [4.78, 5) is 26.5. The average molecular weight is 591 g/mol. The molecule has 3 aromatic heterocycles. The molecule has 0 fully saturated rings. The van der Waals surface area contributed by atoms with Gasteiger partial charge in [0, 0.05) is 19.0 Å². The molecule has 0 radical (unpaired) electrons. The number of hydrogen-bond acceptors (Lipinski definition) is 9. The van der Waals surface area contributed by atoms with E-state index in [4.69, 9.17) is 19.7 Å². The molecule has 0 amide bonds. The van der Waals surface area contributed by atoms with Gasteiger partial charge in [0.25, 0.3) is 0 Å². The number of hydrogen-bond donors (Lipinski definition) is 2. The van der Waals surface area contributed by atoms with Gasteiger partial charge in [-0.2, -0.15) is 0 Å². The number of nitrogen functional groups attached to an aromatic ring is 1. The Labute approximate surface area is 243 Å². The second-order valence-corrected chi connectivity index (χ2v) is 12.3. The number of pyridine rings is 1. The molecule has 0 aliphatic rings. The minimum Gasteiger partial charge on any atom is -0.382 e. The SMILES string of the molecule is C[C@H](Cn1cnc2c(N)ncnc21)OCP(=O)(O)OCCOCCCCCCCCCCCCCc1cccnc1. The van der Waals surface area contributed by atoms with Crippen LogP contribution in [0.3, 0.4) is 0 Å². The number of imidazole rings is 1. The summed E-state index contributed by atoms with van der Waals surface area (Å²) in [5.74, 6) is 0.304. The number of unbranched alkanes of at least 4 members (excludes halogenated alkanes) is 10. The number of ether oxygens (including phenoxy) is 2. The fraction of sp³-hybridized carbons (Fsp3) is 0.655. The molecule has 3 heterocycles. The van der Waals surface area contributed by atoms with Gasteiger partial charge in [-0.1, -0.05) is 63.9 Å². The van der Waals surface area contributed by atoms with Crippen LogP contribution in [0.25, 0.3) is 11.2 Å². The van der Waals surface area contributed by atoms with E-state index in [2.05, 4.69) is 26.0 Å². The first-order valence-electron chi connectivity index (χ1n) is 14.9. The Kier molecular flexibility index (Phi) is 15.2. The molecule has 3 N–H and O–H groups in total. The molecule has 3 rings (SSSR count). The normalized spacial score (nSPS) is 13.9. The standard InChI is InChI=1S/C29H47N6O5P/c1-25(21-35-23-34-27-28(30)32-22-33-29(27)35)39-24-41(36,37)40-19-18-38-17-12-10-8-6-4-2-3-5-7-9-11-14-26-15-13-16-31-20-26/h13,15-16,20,22-23,25H,2-12,14,17-19,21,24H2,1H3,(H,36,37)(H2,30,32,33)/t25-/m1/s1. The molecule has 0 bridgehead atoms. The van der Waals surface area contributed by atoms with Crippen LogP contribution in [0.15, 0.2) is 37.2 Å². The molecule has 41 heavy (non-hydrogen) atoms. The van der Waals surface area contributed by atoms with Crippen LogP contribution in [0.5, 0.6) is 0 Å². The lowest BCUT2D eigenvalue weighted by atomic mass is 10.0. The van der Waals surface area contributed by atoms with Gasteiger partial charge in [-0.25, -0.2) is 15.0 Å². The van der Waals surface area contributed by atoms with Gasteiger partial charge in [0.2, 0.25) is 0 Å². The maximum absolute atomic E-state index is 12.3. The van der Waals surface area contributed by atoms with E-state index in [9.17, 15) is 9.46 Å². The Hall–Kier alpha value is -2.43. The zero-order valence-corrected chi connectivity index (χ0v) is 25.3. The van der Waals surface area contributed by atoms with Crippen molar-refractivity contribution in [3.05, 3.63) is 42.7 Å². The molecule has 0 aliphatic carbocycles. The Morgan fingerprint density at radius 1 is 0.951 bits per heavy atom. The zero-order valence-electron chi connectivity index (χ0n) is 24.4. The molecule has 11 nitrogen and oxygen atoms in total. The summed E-state index contributed by atoms with van der Waals surface area (Å²) in [5, 5.41) is 0. The lowest BCUT2D eigenvalue weighted by Crippen LogP contribution is -2.18. The largest absolute Gasteiger partial charge is 0.382 e. The molecule has 0 aromatic carbocycles. The monoisotopic (exact) mass is 590 g/mol. The van der Waals surface area contributed by atoms with Crippen LogP contribution in [-0.4, -0.2) is 61.7 Å². The van der Waals surface area contributed by atoms with Gasteiger partial charge >= 0.3 is 7.60 Å². The predicted molar refractivity (Wildman–Crippen MR) is 160 cm³/mol. The van der Waals surface area contributed by atoms with Crippen LogP contribution in [0, 0.1) is 0 Å². The van der Waals surface area contributed by atoms with Crippen molar-refractivity contribution in [3.8, 4) is 0 Å². The summed E-state index contributed by atoms with van der Waals surface area (Å²) in [7, 11) is -3.87. The number of nitrogens with zero attached hydrogens (tertiary/aromatic N) is 5. The minimum atomic E-state index is -3.87. The van der Waals surface area contributed by atoms with Crippen LogP contribution in [0.4, 0.5) is 5.82 Å². The van der Waals surface area contributed by atoms with Crippen molar-refractivity contribution in [3.63, 3.8) is 0 Å². The highest BCUT2D eigenvalue weighted by molar-refractivity contribution is 7.52. The third-order valence-electron chi connectivity index (χ3n) is 6.90. The molecule has 0 spiro atoms. The molecular formula is C29H47N6O5P. The van der Waals surface area contributed by atoms with E-state index < -0.39 is 13.9 Å². The third-order valence-corrected chi connectivity index (χ3v) is 7.96. The van der Waals surface area contributed by atoms with E-state index >= 15 is 0 Å². The Balaban J connectivity index is 1.08. The van der Waals surface area contributed by atoms with Crippen molar-refractivity contribution in [1.82, 2.24) is 24.5 Å². The molecule has 228 valence electrons. The highest BCUT2D eigenvalue weighted by atomic mass is 31.2. The van der Waals surface area contributed by atoms with Crippen molar-refractivity contribution in [2.45, 2.75) is 96.6 Å². The number of rotatable bonds is 23. The van der Waals surface area contributed by atoms with Crippen LogP contribution < -0.4 is 5.73 Å². The van der Waals surface area contributed by atoms with Gasteiger partial charge in [-0.3, -0.25) is 9.55 Å². The van der Waals surface area contributed by atoms with Gasteiger partial charge in [0.1, 0.15) is 18.2 Å². The molecule has 0 aliphatic heterocycles. The Morgan fingerprint density at radius 3 is 2.37 bits per heavy atom. The fourth-order valence-electron chi connectivity index (χ4n) is 4.63. The summed E-state index contributed by atoms with van der Waals surface area (Å²) in [6.07, 6.45) is 21.0. The lowest BCUT2D eigenvalue weighted by molar-refractivity contribution is 0.0610. The summed E-state index contributed by atoms with van der Waals surface area (Å²) in [6.45, 7) is 3.16. The minimum absolute atomic E-state index is 0.0529. The lowest BCUT2D eigenvalue weighted by Gasteiger charge is -2.17. The number of aryl methyl sites for hydroxylation is 1. The number of aromatic nitrogens is 5. The van der Waals surface area contributed by atoms with Crippen LogP contribution in [-0.2, 0) is 31.5 Å². The number of nitrogens with two attached hydrogens (primary N) is 1. The number of fused-ring (bicyclic) bond motifs is 1. The van der Waals surface area contributed by atoms with Crippen LogP contribution in [0.2, 0.25) is 0 Å². The van der Waals surface area contributed by atoms with Crippen molar-refractivity contribution in [2.75, 3.05) is 31.9 Å². The molecule has 2 atom stereocenters. The fourth-order valence-corrected chi connectivity index (χ4v) is 5.51. The van der Waals surface area contributed by atoms with Gasteiger partial charge in [0.05, 0.1) is 32.2 Å². The van der Waals surface area contributed by atoms with Crippen molar-refractivity contribution >= 4 is 24.6 Å². The maximum Gasteiger partial charge on any atom is 0.353 e. The van der Waals surface area contributed by atoms with Crippen molar-refractivity contribution < 1.29 is 23.5 Å². The smallest absolute Gasteiger partial charge is 0.353 e. The van der Waals surface area contributed by atoms with E-state index in [1.165, 1.54) is 69.7 Å². The van der Waals surface area contributed by atoms with E-state index in [0.29, 0.717) is 30.1 Å². The van der Waals surface area contributed by atoms with Gasteiger partial charge in [-0.05, 0) is 37.8 Å². The molecular weight excluding hydrogens is 543 g/mol. The van der Waals surface area contributed by atoms with Crippen LogP contribution in [0.1, 0.15) is 83.1 Å². The van der Waals surface area contributed by atoms with Gasteiger partial charge in [-0.15, -0.1) is 0 Å². The second-order valence-electron chi connectivity index (χ2n) is 10.5. The first-order chi connectivity index (χ1) is 19.9. The zero-order chi connectivity index (χ0) is 29.2. The first-order valence-corrected chi connectivity index (χ1v) is 16.7. The highest BCUT2D eigenvalue weighted by Crippen LogP contribution is 2.41. The van der Waals surface area contributed by atoms with Gasteiger partial charge < -0.3 is 29.2 Å². The summed E-state index contributed by atoms with van der Waals surface area (Å²) in [6, 6.07) is 4.17. The quantitative estimate of drug-likeness (QED) is 0.101. The maximum atomic E-state index is 12.3. The van der Waals surface area contributed by atoms with E-state index in [1.807, 2.05) is 18.5 Å². The molecule has 1 unspecified atom stereocenters. The Morgan fingerprint density at radius 2 is 1.66 bits per heavy atom. The van der Waals surface area contributed by atoms with Crippen LogP contribution >= 0.6 is 7.60 Å². The third kappa shape index (κ3) is 13.4. The molecule has 12 heteroatoms. The summed E-state index contributed by atoms with van der Waals surface area (Å²) >= 11 is 0. The topological polar surface area (TPSA) is 148 Å². The molecule has 0 saturated carbocycles. The number of anilines is 1. The molecule has 0 saturated heterocycles. The summed E-state index contributed by atoms with van der Waals surface area (Å²) in [5.41, 5.74) is 8.25. The van der Waals surface area contributed by atoms with E-state index in [1.54, 1.807) is 17.8 Å². The highest BCUT2D eigenvalue weighted by Gasteiger charge is 2.21. The summed E-state index contributed by atoms with van der Waals surface area (Å²) < 4.78 is 30.3. The van der Waals surface area contributed by atoms with Gasteiger partial charge in [0.15, 0.2) is 11.5 Å². The second kappa shape index (κ2) is 18.9. The van der Waals surface area contributed by atoms with Crippen molar-refractivity contribution in [2.24, 2.45) is 0 Å². The first kappa shape index (κ1) is 33.1. The average Bonchev–Trinajstić information content (AvgIpc) is 3.38. The predicted octanol–water partition coefficient (Wildman–Crippen LogP) is 5.92. The van der Waals surface area contributed by atoms with E-state index in [0.717, 1.165) is 19.3 Å². The van der Waals surface area contributed by atoms with E-state index in [-0.39, 0.29) is 19.3 Å².